The molecule has 1 fully saturated rings. The monoisotopic (exact) mass is 415 g/mol. The minimum atomic E-state index is -0.774. The molecule has 30 heavy (non-hydrogen) atoms. The van der Waals surface area contributed by atoms with Crippen molar-refractivity contribution in [1.82, 2.24) is 25.4 Å². The fourth-order valence-electron chi connectivity index (χ4n) is 4.57. The number of hydrogen-bond acceptors (Lipinski definition) is 5. The van der Waals surface area contributed by atoms with Crippen LogP contribution in [0.1, 0.15) is 62.3 Å². The second-order valence-corrected chi connectivity index (χ2v) is 8.18. The van der Waals surface area contributed by atoms with Crippen molar-refractivity contribution in [2.75, 3.05) is 13.7 Å². The van der Waals surface area contributed by atoms with Gasteiger partial charge in [0.25, 0.3) is 0 Å². The fraction of sp³-hybridized carbons (Fsp3) is 0.636. The summed E-state index contributed by atoms with van der Waals surface area (Å²) in [4.78, 5) is 30.2. The molecule has 2 aromatic rings. The minimum absolute atomic E-state index is 0.0615. The smallest absolute Gasteiger partial charge is 0.245 e. The fourth-order valence-corrected chi connectivity index (χ4v) is 4.57. The lowest BCUT2D eigenvalue weighted by Gasteiger charge is -2.36. The number of nitrogens with one attached hydrogen (secondary N) is 2. The van der Waals surface area contributed by atoms with Crippen LogP contribution in [0, 0.1) is 13.8 Å². The van der Waals surface area contributed by atoms with E-state index < -0.39 is 5.54 Å². The first kappa shape index (κ1) is 22.1. The summed E-state index contributed by atoms with van der Waals surface area (Å²) in [5.41, 5.74) is 2.94. The second-order valence-electron chi connectivity index (χ2n) is 8.18. The molecule has 2 amide bonds. The highest BCUT2D eigenvalue weighted by molar-refractivity contribution is 5.92. The van der Waals surface area contributed by atoms with Gasteiger partial charge in [0.05, 0.1) is 12.5 Å². The van der Waals surface area contributed by atoms with Gasteiger partial charge in [0.2, 0.25) is 17.7 Å². The van der Waals surface area contributed by atoms with Gasteiger partial charge in [-0.3, -0.25) is 9.59 Å². The molecule has 0 radical (unpaired) electrons. The van der Waals surface area contributed by atoms with Gasteiger partial charge in [-0.05, 0) is 51.2 Å². The van der Waals surface area contributed by atoms with Crippen molar-refractivity contribution in [1.29, 1.82) is 0 Å². The highest BCUT2D eigenvalue weighted by Crippen LogP contribution is 2.31. The number of fused-ring (bicyclic) bond motifs is 1. The Labute approximate surface area is 177 Å². The number of methoxy groups -OCH3 is 1. The molecular formula is C22H33N5O3. The first-order chi connectivity index (χ1) is 14.3. The molecule has 0 atom stereocenters. The third kappa shape index (κ3) is 4.13. The van der Waals surface area contributed by atoms with E-state index in [9.17, 15) is 9.59 Å². The summed E-state index contributed by atoms with van der Waals surface area (Å²) in [5, 5.41) is 11.2. The number of aryl methyl sites for hydroxylation is 3. The van der Waals surface area contributed by atoms with Crippen molar-refractivity contribution in [3.05, 3.63) is 16.8 Å². The first-order valence-electron chi connectivity index (χ1n) is 10.8. The highest BCUT2D eigenvalue weighted by Gasteiger charge is 2.40. The molecule has 2 N–H and O–H groups in total. The Morgan fingerprint density at radius 3 is 2.53 bits per heavy atom. The van der Waals surface area contributed by atoms with Crippen LogP contribution in [0.25, 0.3) is 11.0 Å². The van der Waals surface area contributed by atoms with E-state index in [0.717, 1.165) is 47.1 Å². The lowest BCUT2D eigenvalue weighted by molar-refractivity contribution is -0.135. The summed E-state index contributed by atoms with van der Waals surface area (Å²) in [6, 6.07) is 0. The summed E-state index contributed by atoms with van der Waals surface area (Å²) < 4.78 is 7.13. The molecular weight excluding hydrogens is 382 g/mol. The Morgan fingerprint density at radius 1 is 1.20 bits per heavy atom. The highest BCUT2D eigenvalue weighted by atomic mass is 16.5. The third-order valence-corrected chi connectivity index (χ3v) is 6.18. The third-order valence-electron chi connectivity index (χ3n) is 6.18. The minimum Gasteiger partial charge on any atom is -0.479 e. The quantitative estimate of drug-likeness (QED) is 0.724. The molecule has 0 aromatic carbocycles. The first-order valence-corrected chi connectivity index (χ1v) is 10.8. The van der Waals surface area contributed by atoms with E-state index in [4.69, 9.17) is 4.74 Å². The molecule has 1 aliphatic rings. The molecule has 1 aliphatic carbocycles. The van der Waals surface area contributed by atoms with Crippen LogP contribution in [0.15, 0.2) is 0 Å². The van der Waals surface area contributed by atoms with Gasteiger partial charge < -0.3 is 15.4 Å². The van der Waals surface area contributed by atoms with Gasteiger partial charge in [-0.25, -0.2) is 9.67 Å². The number of likely N-dealkylation sites (N-methyl/N-ethyl adjacent to an activating group) is 1. The Kier molecular flexibility index (Phi) is 6.63. The largest absolute Gasteiger partial charge is 0.479 e. The van der Waals surface area contributed by atoms with Crippen LogP contribution < -0.4 is 15.4 Å². The van der Waals surface area contributed by atoms with Gasteiger partial charge in [0, 0.05) is 25.7 Å². The summed E-state index contributed by atoms with van der Waals surface area (Å²) in [6.45, 7) is 6.44. The molecule has 0 bridgehead atoms. The van der Waals surface area contributed by atoms with Crippen molar-refractivity contribution in [3.8, 4) is 5.88 Å². The molecule has 0 saturated heterocycles. The normalized spacial score (nSPS) is 15.8. The number of ether oxygens (including phenoxy) is 1. The van der Waals surface area contributed by atoms with E-state index in [1.165, 1.54) is 0 Å². The molecule has 8 heteroatoms. The average molecular weight is 416 g/mol. The van der Waals surface area contributed by atoms with Crippen molar-refractivity contribution >= 4 is 22.8 Å². The Hall–Kier alpha value is -2.64. The van der Waals surface area contributed by atoms with Crippen molar-refractivity contribution in [2.24, 2.45) is 7.05 Å². The molecule has 2 heterocycles. The van der Waals surface area contributed by atoms with Crippen LogP contribution in [0.4, 0.5) is 0 Å². The number of pyridine rings is 1. The molecule has 164 valence electrons. The standard InChI is InChI=1S/C22H33N5O3/c1-6-23-21(29)22(12-8-7-9-13-22)25-17(28)11-10-16-14(2)18-19(24-15(16)3)27(4)26-20(18)30-5/h6-13H2,1-5H3,(H,23,29)(H,25,28). The predicted octanol–water partition coefficient (Wildman–Crippen LogP) is 2.48. The Morgan fingerprint density at radius 2 is 1.90 bits per heavy atom. The summed E-state index contributed by atoms with van der Waals surface area (Å²) in [7, 11) is 3.44. The van der Waals surface area contributed by atoms with Crippen molar-refractivity contribution in [2.45, 2.75) is 71.3 Å². The maximum absolute atomic E-state index is 12.9. The Balaban J connectivity index is 1.78. The number of aromatic nitrogens is 3. The topological polar surface area (TPSA) is 98.1 Å². The number of rotatable bonds is 7. The summed E-state index contributed by atoms with van der Waals surface area (Å²) in [6.07, 6.45) is 5.27. The molecule has 3 rings (SSSR count). The van der Waals surface area contributed by atoms with Crippen LogP contribution in [-0.4, -0.2) is 45.8 Å². The van der Waals surface area contributed by atoms with E-state index in [1.54, 1.807) is 11.8 Å². The molecule has 2 aromatic heterocycles. The number of amides is 2. The van der Waals surface area contributed by atoms with E-state index >= 15 is 0 Å². The van der Waals surface area contributed by atoms with Gasteiger partial charge in [0.15, 0.2) is 5.65 Å². The zero-order chi connectivity index (χ0) is 21.9. The van der Waals surface area contributed by atoms with Crippen molar-refractivity contribution in [3.63, 3.8) is 0 Å². The predicted molar refractivity (Wildman–Crippen MR) is 115 cm³/mol. The SMILES string of the molecule is CCNC(=O)C1(NC(=O)CCc2c(C)nc3c(c(OC)nn3C)c2C)CCCCC1. The van der Waals surface area contributed by atoms with Crippen LogP contribution in [0.2, 0.25) is 0 Å². The van der Waals surface area contributed by atoms with Crippen molar-refractivity contribution < 1.29 is 14.3 Å². The van der Waals surface area contributed by atoms with Crippen LogP contribution >= 0.6 is 0 Å². The molecule has 0 unspecified atom stereocenters. The number of carbonyl (C=O) groups excluding carboxylic acids is 2. The van der Waals surface area contributed by atoms with Gasteiger partial charge in [0.1, 0.15) is 5.54 Å². The lowest BCUT2D eigenvalue weighted by Crippen LogP contribution is -2.59. The molecule has 1 saturated carbocycles. The number of carbonyl (C=O) groups is 2. The zero-order valence-corrected chi connectivity index (χ0v) is 18.7. The van der Waals surface area contributed by atoms with E-state index in [-0.39, 0.29) is 11.8 Å². The zero-order valence-electron chi connectivity index (χ0n) is 18.7. The molecule has 8 nitrogen and oxygen atoms in total. The van der Waals surface area contributed by atoms with E-state index in [2.05, 4.69) is 20.7 Å². The molecule has 0 aliphatic heterocycles. The lowest BCUT2D eigenvalue weighted by atomic mass is 9.80. The van der Waals surface area contributed by atoms with Gasteiger partial charge in [-0.1, -0.05) is 19.3 Å². The maximum Gasteiger partial charge on any atom is 0.245 e. The van der Waals surface area contributed by atoms with Gasteiger partial charge in [-0.15, -0.1) is 5.10 Å². The van der Waals surface area contributed by atoms with Crippen LogP contribution in [0.5, 0.6) is 5.88 Å². The van der Waals surface area contributed by atoms with Crippen LogP contribution in [0.3, 0.4) is 0 Å². The summed E-state index contributed by atoms with van der Waals surface area (Å²) >= 11 is 0. The molecule has 0 spiro atoms. The average Bonchev–Trinajstić information content (AvgIpc) is 3.04. The number of nitrogens with zero attached hydrogens (tertiary/aromatic N) is 3. The summed E-state index contributed by atoms with van der Waals surface area (Å²) in [5.74, 6) is 0.384. The van der Waals surface area contributed by atoms with Gasteiger partial charge >= 0.3 is 0 Å². The number of hydrogen-bond donors (Lipinski definition) is 2. The van der Waals surface area contributed by atoms with Crippen LogP contribution in [-0.2, 0) is 23.1 Å². The van der Waals surface area contributed by atoms with E-state index in [0.29, 0.717) is 38.1 Å². The van der Waals surface area contributed by atoms with E-state index in [1.807, 2.05) is 27.8 Å². The Bertz CT molecular complexity index is 944. The maximum atomic E-state index is 12.9. The van der Waals surface area contributed by atoms with Gasteiger partial charge in [-0.2, -0.15) is 0 Å². The second kappa shape index (κ2) is 9.02.